The largest absolute Gasteiger partial charge is 0.486 e. The number of amides is 3. The van der Waals surface area contributed by atoms with Gasteiger partial charge >= 0.3 is 0 Å². The fraction of sp³-hybridized carbons (Fsp3) is 0.575. The molecule has 2 bridgehead atoms. The van der Waals surface area contributed by atoms with Gasteiger partial charge in [0.15, 0.2) is 0 Å². The highest BCUT2D eigenvalue weighted by molar-refractivity contribution is 5.97. The molecular weight excluding hydrogens is 642 g/mol. The third-order valence-corrected chi connectivity index (χ3v) is 10.1. The number of carbonyl (C=O) groups is 3. The molecule has 0 spiro atoms. The Labute approximate surface area is 303 Å². The lowest BCUT2D eigenvalue weighted by Gasteiger charge is -2.34. The van der Waals surface area contributed by atoms with E-state index in [0.29, 0.717) is 48.9 Å². The SMILES string of the molecule is Cc1cccc2c1OCc1cn(nn1)CCCCCCCCNC(=O)[C@H](Cc1ccccc1)N(C)C(=O)[C@H]1CCCN1C[C@@H](CC(C)C)NC2=O. The highest BCUT2D eigenvalue weighted by atomic mass is 16.5. The molecule has 3 atom stereocenters. The third kappa shape index (κ3) is 10.9. The van der Waals surface area contributed by atoms with E-state index in [0.717, 1.165) is 75.6 Å². The van der Waals surface area contributed by atoms with Crippen LogP contribution >= 0.6 is 0 Å². The first-order chi connectivity index (χ1) is 24.7. The number of nitrogens with zero attached hydrogens (tertiary/aromatic N) is 5. The fourth-order valence-electron chi connectivity index (χ4n) is 7.37. The van der Waals surface area contributed by atoms with Gasteiger partial charge in [-0.05, 0) is 68.7 Å². The number of carbonyl (C=O) groups excluding carboxylic acids is 3. The molecule has 0 unspecified atom stereocenters. The van der Waals surface area contributed by atoms with Crippen molar-refractivity contribution in [3.8, 4) is 5.75 Å². The van der Waals surface area contributed by atoms with Crippen molar-refractivity contribution >= 4 is 17.7 Å². The van der Waals surface area contributed by atoms with Crippen LogP contribution < -0.4 is 15.4 Å². The second kappa shape index (κ2) is 18.8. The van der Waals surface area contributed by atoms with Gasteiger partial charge in [-0.1, -0.05) is 87.2 Å². The van der Waals surface area contributed by atoms with Crippen molar-refractivity contribution in [2.24, 2.45) is 5.92 Å². The first kappa shape index (κ1) is 38.0. The molecule has 2 N–H and O–H groups in total. The van der Waals surface area contributed by atoms with Crippen LogP contribution in [0.1, 0.15) is 98.8 Å². The van der Waals surface area contributed by atoms with Crippen LogP contribution in [0.4, 0.5) is 0 Å². The standard InChI is InChI=1S/C40H57N7O4/c1-29(2)24-32-26-46-22-15-20-35(46)40(50)45(4)36(25-31-17-10-9-11-18-31)39(49)41-21-12-7-5-6-8-13-23-47-27-33(43-44-47)28-51-37-30(3)16-14-19-34(37)38(48)42-32/h9-11,14,16-19,27,29,32,35-36H,5-8,12-13,15,20-26,28H2,1-4H3,(H,41,49)(H,42,48)/t32-,35-,36+/m1/s1. The third-order valence-electron chi connectivity index (χ3n) is 10.1. The lowest BCUT2D eigenvalue weighted by atomic mass is 10.0. The summed E-state index contributed by atoms with van der Waals surface area (Å²) in [5.74, 6) is 0.487. The average Bonchev–Trinajstić information content (AvgIpc) is 3.77. The molecule has 3 amide bonds. The Balaban J connectivity index is 1.38. The van der Waals surface area contributed by atoms with Crippen molar-refractivity contribution in [3.05, 3.63) is 77.1 Å². The number of aryl methyl sites for hydroxylation is 2. The molecule has 1 saturated heterocycles. The summed E-state index contributed by atoms with van der Waals surface area (Å²) < 4.78 is 8.11. The van der Waals surface area contributed by atoms with Gasteiger partial charge in [-0.15, -0.1) is 5.10 Å². The Kier molecular flexibility index (Phi) is 14.0. The van der Waals surface area contributed by atoms with E-state index >= 15 is 0 Å². The molecule has 2 aliphatic heterocycles. The molecule has 11 nitrogen and oxygen atoms in total. The van der Waals surface area contributed by atoms with E-state index in [-0.39, 0.29) is 36.4 Å². The molecule has 0 aliphatic carbocycles. The van der Waals surface area contributed by atoms with Crippen LogP contribution in [0.25, 0.3) is 0 Å². The summed E-state index contributed by atoms with van der Waals surface area (Å²) in [5.41, 5.74) is 3.07. The fourth-order valence-corrected chi connectivity index (χ4v) is 7.37. The maximum absolute atomic E-state index is 14.3. The zero-order chi connectivity index (χ0) is 36.2. The number of hydrogen-bond donors (Lipinski definition) is 2. The molecule has 2 aromatic carbocycles. The number of benzene rings is 2. The summed E-state index contributed by atoms with van der Waals surface area (Å²) in [7, 11) is 1.77. The summed E-state index contributed by atoms with van der Waals surface area (Å²) in [6.45, 7) is 9.10. The topological polar surface area (TPSA) is 122 Å². The highest BCUT2D eigenvalue weighted by Crippen LogP contribution is 2.26. The number of fused-ring (bicyclic) bond motifs is 4. The number of likely N-dealkylation sites (N-methyl/N-ethyl adjacent to an activating group) is 1. The quantitative estimate of drug-likeness (QED) is 0.379. The predicted octanol–water partition coefficient (Wildman–Crippen LogP) is 5.31. The van der Waals surface area contributed by atoms with Gasteiger partial charge in [0.25, 0.3) is 5.91 Å². The van der Waals surface area contributed by atoms with Gasteiger partial charge in [0.1, 0.15) is 24.1 Å². The molecule has 3 aromatic rings. The summed E-state index contributed by atoms with van der Waals surface area (Å²) in [6.07, 6.45) is 10.9. The van der Waals surface area contributed by atoms with Crippen LogP contribution in [-0.4, -0.2) is 87.3 Å². The highest BCUT2D eigenvalue weighted by Gasteiger charge is 2.38. The molecule has 51 heavy (non-hydrogen) atoms. The average molecular weight is 700 g/mol. The van der Waals surface area contributed by atoms with E-state index in [1.165, 1.54) is 0 Å². The Morgan fingerprint density at radius 3 is 2.47 bits per heavy atom. The van der Waals surface area contributed by atoms with Gasteiger partial charge in [-0.2, -0.15) is 0 Å². The molecule has 5 rings (SSSR count). The van der Waals surface area contributed by atoms with Crippen molar-refractivity contribution in [1.82, 2.24) is 35.4 Å². The van der Waals surface area contributed by atoms with E-state index in [9.17, 15) is 14.4 Å². The van der Waals surface area contributed by atoms with E-state index in [1.54, 1.807) is 18.0 Å². The van der Waals surface area contributed by atoms with Crippen LogP contribution in [0, 0.1) is 12.8 Å². The molecule has 0 saturated carbocycles. The molecule has 3 heterocycles. The van der Waals surface area contributed by atoms with E-state index in [1.807, 2.05) is 60.3 Å². The second-order valence-electron chi connectivity index (χ2n) is 14.7. The van der Waals surface area contributed by atoms with E-state index in [4.69, 9.17) is 4.74 Å². The van der Waals surface area contributed by atoms with Gasteiger partial charge in [0.2, 0.25) is 11.8 Å². The minimum atomic E-state index is -0.621. The predicted molar refractivity (Wildman–Crippen MR) is 198 cm³/mol. The minimum Gasteiger partial charge on any atom is -0.486 e. The second-order valence-corrected chi connectivity index (χ2v) is 14.7. The zero-order valence-corrected chi connectivity index (χ0v) is 31.0. The Morgan fingerprint density at radius 1 is 0.922 bits per heavy atom. The summed E-state index contributed by atoms with van der Waals surface area (Å²) in [4.78, 5) is 45.8. The van der Waals surface area contributed by atoms with Crippen LogP contribution in [0.15, 0.2) is 54.7 Å². The molecule has 1 aromatic heterocycles. The van der Waals surface area contributed by atoms with Gasteiger partial charge in [-0.25, -0.2) is 0 Å². The Morgan fingerprint density at radius 2 is 1.69 bits per heavy atom. The van der Waals surface area contributed by atoms with Crippen LogP contribution in [0.5, 0.6) is 5.75 Å². The summed E-state index contributed by atoms with van der Waals surface area (Å²) >= 11 is 0. The lowest BCUT2D eigenvalue weighted by molar-refractivity contribution is -0.142. The van der Waals surface area contributed by atoms with Crippen molar-refractivity contribution in [1.29, 1.82) is 0 Å². The van der Waals surface area contributed by atoms with Gasteiger partial charge in [-0.3, -0.25) is 24.0 Å². The minimum absolute atomic E-state index is 0.0500. The number of aromatic nitrogens is 3. The normalized spacial score (nSPS) is 22.5. The van der Waals surface area contributed by atoms with Crippen molar-refractivity contribution in [2.45, 2.75) is 116 Å². The molecule has 1 fully saturated rings. The van der Waals surface area contributed by atoms with Crippen molar-refractivity contribution in [2.75, 3.05) is 26.7 Å². The van der Waals surface area contributed by atoms with Gasteiger partial charge < -0.3 is 20.3 Å². The monoisotopic (exact) mass is 699 g/mol. The first-order valence-corrected chi connectivity index (χ1v) is 18.9. The Bertz CT molecular complexity index is 1580. The first-order valence-electron chi connectivity index (χ1n) is 18.9. The Hall–Kier alpha value is -4.25. The zero-order valence-electron chi connectivity index (χ0n) is 31.0. The maximum Gasteiger partial charge on any atom is 0.255 e. The van der Waals surface area contributed by atoms with E-state index in [2.05, 4.69) is 39.7 Å². The van der Waals surface area contributed by atoms with Crippen molar-refractivity contribution in [3.63, 3.8) is 0 Å². The van der Waals surface area contributed by atoms with Crippen molar-refractivity contribution < 1.29 is 19.1 Å². The van der Waals surface area contributed by atoms with E-state index < -0.39 is 6.04 Å². The summed E-state index contributed by atoms with van der Waals surface area (Å²) in [6, 6.07) is 14.3. The molecule has 11 heteroatoms. The number of ether oxygens (including phenoxy) is 1. The maximum atomic E-state index is 14.3. The van der Waals surface area contributed by atoms with Gasteiger partial charge in [0, 0.05) is 39.1 Å². The molecule has 0 radical (unpaired) electrons. The molecular formula is C40H57N7O4. The van der Waals surface area contributed by atoms with Crippen LogP contribution in [0.2, 0.25) is 0 Å². The lowest BCUT2D eigenvalue weighted by Crippen LogP contribution is -2.55. The number of rotatable bonds is 4. The van der Waals surface area contributed by atoms with Gasteiger partial charge in [0.05, 0.1) is 17.8 Å². The van der Waals surface area contributed by atoms with Crippen LogP contribution in [-0.2, 0) is 29.2 Å². The number of nitrogens with one attached hydrogen (secondary N) is 2. The van der Waals surface area contributed by atoms with Crippen LogP contribution in [0.3, 0.4) is 0 Å². The number of para-hydroxylation sites is 1. The molecule has 276 valence electrons. The molecule has 2 aliphatic rings. The number of hydrogen-bond acceptors (Lipinski definition) is 7. The summed E-state index contributed by atoms with van der Waals surface area (Å²) in [5, 5.41) is 15.1. The smallest absolute Gasteiger partial charge is 0.255 e.